The molecule has 0 aromatic carbocycles. The van der Waals surface area contributed by atoms with Crippen LogP contribution in [0.25, 0.3) is 0 Å². The van der Waals surface area contributed by atoms with Crippen LogP contribution >= 0.6 is 0 Å². The molecule has 0 saturated heterocycles. The van der Waals surface area contributed by atoms with Gasteiger partial charge in [0.2, 0.25) is 0 Å². The lowest BCUT2D eigenvalue weighted by Crippen LogP contribution is -2.32. The maximum atomic E-state index is 12.0. The Labute approximate surface area is 189 Å². The molecular weight excluding hydrogens is 400 g/mol. The highest BCUT2D eigenvalue weighted by molar-refractivity contribution is 5.81. The molecule has 0 aliphatic heterocycles. The van der Waals surface area contributed by atoms with Crippen molar-refractivity contribution in [2.75, 3.05) is 13.2 Å². The Kier molecular flexibility index (Phi) is 17.7. The molecule has 0 heterocycles. The molecule has 31 heavy (non-hydrogen) atoms. The van der Waals surface area contributed by atoms with E-state index in [0.717, 1.165) is 51.4 Å². The monoisotopic (exact) mass is 446 g/mol. The van der Waals surface area contributed by atoms with Crippen LogP contribution in [0.15, 0.2) is 0 Å². The van der Waals surface area contributed by atoms with Gasteiger partial charge in [-0.3, -0.25) is 4.79 Å². The van der Waals surface area contributed by atoms with Gasteiger partial charge in [-0.25, -0.2) is 4.79 Å². The number of aliphatic hydroxyl groups excluding tert-OH is 1. The average Bonchev–Trinajstić information content (AvgIpc) is 2.73. The van der Waals surface area contributed by atoms with Crippen molar-refractivity contribution < 1.29 is 33.6 Å². The highest BCUT2D eigenvalue weighted by Gasteiger charge is 2.25. The molecule has 7 nitrogen and oxygen atoms in total. The molecule has 0 radical (unpaired) electrons. The average molecular weight is 447 g/mol. The lowest BCUT2D eigenvalue weighted by molar-refractivity contribution is -0.192. The van der Waals surface area contributed by atoms with Crippen LogP contribution in [0.2, 0.25) is 0 Å². The maximum absolute atomic E-state index is 12.0. The summed E-state index contributed by atoms with van der Waals surface area (Å²) >= 11 is 0. The van der Waals surface area contributed by atoms with E-state index >= 15 is 0 Å². The lowest BCUT2D eigenvalue weighted by atomic mass is 10.0. The summed E-state index contributed by atoms with van der Waals surface area (Å²) in [5.41, 5.74) is 0. The molecule has 184 valence electrons. The first-order chi connectivity index (χ1) is 14.8. The summed E-state index contributed by atoms with van der Waals surface area (Å²) in [5, 5.41) is 9.97. The molecular formula is C24H46O7. The third kappa shape index (κ3) is 15.3. The van der Waals surface area contributed by atoms with E-state index in [4.69, 9.17) is 18.9 Å². The number of esters is 2. The van der Waals surface area contributed by atoms with Crippen LogP contribution in [0.1, 0.15) is 99.3 Å². The molecule has 1 N–H and O–H groups in total. The number of ether oxygens (including phenoxy) is 4. The van der Waals surface area contributed by atoms with Gasteiger partial charge in [-0.2, -0.15) is 0 Å². The predicted molar refractivity (Wildman–Crippen MR) is 120 cm³/mol. The molecule has 0 fully saturated rings. The van der Waals surface area contributed by atoms with Gasteiger partial charge in [0.25, 0.3) is 0 Å². The fourth-order valence-corrected chi connectivity index (χ4v) is 3.12. The van der Waals surface area contributed by atoms with E-state index in [2.05, 4.69) is 27.7 Å². The predicted octanol–water partition coefficient (Wildman–Crippen LogP) is 4.98. The molecule has 0 amide bonds. The second-order valence-corrected chi connectivity index (χ2v) is 8.28. The van der Waals surface area contributed by atoms with Crippen molar-refractivity contribution >= 4 is 11.9 Å². The Hall–Kier alpha value is -1.18. The van der Waals surface area contributed by atoms with Gasteiger partial charge in [-0.15, -0.1) is 0 Å². The lowest BCUT2D eigenvalue weighted by Gasteiger charge is -2.21. The first-order valence-corrected chi connectivity index (χ1v) is 12.1. The molecule has 5 unspecified atom stereocenters. The SMILES string of the molecule is CCCCC(CC)COC(C)OC(=O)CC(O)C(=O)OC(C)OCC(CC)CCCC. The van der Waals surface area contributed by atoms with Crippen molar-refractivity contribution in [1.82, 2.24) is 0 Å². The zero-order valence-corrected chi connectivity index (χ0v) is 20.6. The van der Waals surface area contributed by atoms with Crippen molar-refractivity contribution in [3.05, 3.63) is 0 Å². The molecule has 0 bridgehead atoms. The topological polar surface area (TPSA) is 91.3 Å². The molecule has 0 aliphatic carbocycles. The maximum Gasteiger partial charge on any atom is 0.337 e. The standard InChI is InChI=1S/C24H46O7/c1-7-11-13-20(9-3)16-28-18(5)30-23(26)15-22(25)24(27)31-19(6)29-17-21(10-4)14-12-8-2/h18-22,25H,7-17H2,1-6H3. The van der Waals surface area contributed by atoms with Crippen LogP contribution in [-0.2, 0) is 28.5 Å². The summed E-state index contributed by atoms with van der Waals surface area (Å²) in [6, 6.07) is 0. The Bertz CT molecular complexity index is 469. The minimum Gasteiger partial charge on any atom is -0.436 e. The number of aliphatic hydroxyl groups is 1. The van der Waals surface area contributed by atoms with Gasteiger partial charge >= 0.3 is 11.9 Å². The second kappa shape index (κ2) is 18.4. The van der Waals surface area contributed by atoms with Gasteiger partial charge in [-0.1, -0.05) is 66.2 Å². The smallest absolute Gasteiger partial charge is 0.337 e. The quantitative estimate of drug-likeness (QED) is 0.221. The van der Waals surface area contributed by atoms with Crippen LogP contribution in [0.4, 0.5) is 0 Å². The van der Waals surface area contributed by atoms with Crippen molar-refractivity contribution in [3.63, 3.8) is 0 Å². The zero-order chi connectivity index (χ0) is 23.6. The number of carbonyl (C=O) groups excluding carboxylic acids is 2. The third-order valence-electron chi connectivity index (χ3n) is 5.43. The third-order valence-corrected chi connectivity index (χ3v) is 5.43. The summed E-state index contributed by atoms with van der Waals surface area (Å²) < 4.78 is 21.4. The van der Waals surface area contributed by atoms with Crippen LogP contribution in [0.3, 0.4) is 0 Å². The Morgan fingerprint density at radius 2 is 1.23 bits per heavy atom. The van der Waals surface area contributed by atoms with Gasteiger partial charge in [-0.05, 0) is 38.5 Å². The highest BCUT2D eigenvalue weighted by atomic mass is 16.7. The van der Waals surface area contributed by atoms with Gasteiger partial charge in [0.15, 0.2) is 18.7 Å². The van der Waals surface area contributed by atoms with E-state index in [1.165, 1.54) is 0 Å². The molecule has 0 rings (SSSR count). The number of hydrogen-bond acceptors (Lipinski definition) is 7. The second-order valence-electron chi connectivity index (χ2n) is 8.28. The first kappa shape index (κ1) is 29.8. The van der Waals surface area contributed by atoms with Crippen molar-refractivity contribution in [3.8, 4) is 0 Å². The van der Waals surface area contributed by atoms with Crippen LogP contribution in [0.5, 0.6) is 0 Å². The molecule has 0 saturated carbocycles. The summed E-state index contributed by atoms with van der Waals surface area (Å²) in [7, 11) is 0. The van der Waals surface area contributed by atoms with Gasteiger partial charge in [0.1, 0.15) is 0 Å². The molecule has 0 aromatic heterocycles. The summed E-state index contributed by atoms with van der Waals surface area (Å²) in [5.74, 6) is -0.766. The van der Waals surface area contributed by atoms with E-state index in [9.17, 15) is 14.7 Å². The van der Waals surface area contributed by atoms with Crippen molar-refractivity contribution in [2.24, 2.45) is 11.8 Å². The van der Waals surface area contributed by atoms with Crippen LogP contribution in [-0.4, -0.2) is 48.9 Å². The van der Waals surface area contributed by atoms with E-state index in [0.29, 0.717) is 25.0 Å². The number of hydrogen-bond donors (Lipinski definition) is 1. The fourth-order valence-electron chi connectivity index (χ4n) is 3.12. The number of carbonyl (C=O) groups is 2. The van der Waals surface area contributed by atoms with E-state index in [1.807, 2.05) is 0 Å². The molecule has 0 aliphatic rings. The number of rotatable bonds is 19. The van der Waals surface area contributed by atoms with Gasteiger partial charge < -0.3 is 24.1 Å². The largest absolute Gasteiger partial charge is 0.436 e. The van der Waals surface area contributed by atoms with Gasteiger partial charge in [0, 0.05) is 0 Å². The van der Waals surface area contributed by atoms with E-state index in [1.54, 1.807) is 13.8 Å². The minimum atomic E-state index is -1.60. The number of unbranched alkanes of at least 4 members (excludes halogenated alkanes) is 2. The summed E-state index contributed by atoms with van der Waals surface area (Å²) in [6.45, 7) is 12.8. The van der Waals surface area contributed by atoms with Crippen LogP contribution in [0, 0.1) is 11.8 Å². The van der Waals surface area contributed by atoms with Crippen LogP contribution < -0.4 is 0 Å². The van der Waals surface area contributed by atoms with Crippen molar-refractivity contribution in [1.29, 1.82) is 0 Å². The Morgan fingerprint density at radius 1 is 0.774 bits per heavy atom. The summed E-state index contributed by atoms with van der Waals surface area (Å²) in [6.07, 6.45) is 5.09. The summed E-state index contributed by atoms with van der Waals surface area (Å²) in [4.78, 5) is 24.0. The van der Waals surface area contributed by atoms with Crippen molar-refractivity contribution in [2.45, 2.75) is 118 Å². The Balaban J connectivity index is 4.21. The fraction of sp³-hybridized carbons (Fsp3) is 0.917. The first-order valence-electron chi connectivity index (χ1n) is 12.1. The zero-order valence-electron chi connectivity index (χ0n) is 20.6. The van der Waals surface area contributed by atoms with E-state index < -0.39 is 37.0 Å². The van der Waals surface area contributed by atoms with Gasteiger partial charge in [0.05, 0.1) is 19.6 Å². The normalized spacial score (nSPS) is 16.2. The molecule has 7 heteroatoms. The molecule has 0 aromatic rings. The minimum absolute atomic E-state index is 0.414. The Morgan fingerprint density at radius 3 is 1.65 bits per heavy atom. The van der Waals surface area contributed by atoms with E-state index in [-0.39, 0.29) is 0 Å². The highest BCUT2D eigenvalue weighted by Crippen LogP contribution is 2.15. The molecule has 0 spiro atoms. The molecule has 5 atom stereocenters.